The van der Waals surface area contributed by atoms with Gasteiger partial charge in [-0.3, -0.25) is 4.79 Å². The van der Waals surface area contributed by atoms with Crippen molar-refractivity contribution >= 4 is 39.5 Å². The molecule has 0 spiro atoms. The van der Waals surface area contributed by atoms with E-state index in [-0.39, 0.29) is 5.56 Å². The van der Waals surface area contributed by atoms with Gasteiger partial charge in [-0.15, -0.1) is 23.1 Å². The fourth-order valence-electron chi connectivity index (χ4n) is 1.34. The standard InChI is InChI=1S/C10H7FOS2/c1-13-8-4-9-6(2-3-14-9)10(11)7(8)5-12/h2-5H,1H3. The third-order valence-electron chi connectivity index (χ3n) is 2.03. The first kappa shape index (κ1) is 9.68. The molecule has 1 aromatic heterocycles. The Balaban J connectivity index is 2.85. The van der Waals surface area contributed by atoms with Crippen molar-refractivity contribution in [3.05, 3.63) is 28.9 Å². The Bertz CT molecular complexity index is 490. The normalized spacial score (nSPS) is 10.7. The van der Waals surface area contributed by atoms with Crippen LogP contribution in [-0.4, -0.2) is 12.5 Å². The Kier molecular flexibility index (Phi) is 2.56. The second kappa shape index (κ2) is 3.71. The predicted molar refractivity (Wildman–Crippen MR) is 59.0 cm³/mol. The highest BCUT2D eigenvalue weighted by Crippen LogP contribution is 2.31. The van der Waals surface area contributed by atoms with E-state index < -0.39 is 5.82 Å². The number of fused-ring (bicyclic) bond motifs is 1. The number of carbonyl (C=O) groups excluding carboxylic acids is 1. The number of carbonyl (C=O) groups is 1. The van der Waals surface area contributed by atoms with Gasteiger partial charge >= 0.3 is 0 Å². The molecule has 1 heterocycles. The summed E-state index contributed by atoms with van der Waals surface area (Å²) in [6.07, 6.45) is 2.42. The van der Waals surface area contributed by atoms with Crippen molar-refractivity contribution in [1.82, 2.24) is 0 Å². The first-order valence-electron chi connectivity index (χ1n) is 3.96. The van der Waals surface area contributed by atoms with Gasteiger partial charge in [0.25, 0.3) is 0 Å². The van der Waals surface area contributed by atoms with E-state index in [0.29, 0.717) is 16.6 Å². The fourth-order valence-corrected chi connectivity index (χ4v) is 2.83. The van der Waals surface area contributed by atoms with E-state index in [2.05, 4.69) is 0 Å². The molecule has 0 unspecified atom stereocenters. The lowest BCUT2D eigenvalue weighted by Crippen LogP contribution is -1.91. The number of hydrogen-bond acceptors (Lipinski definition) is 3. The van der Waals surface area contributed by atoms with Crippen molar-refractivity contribution in [2.24, 2.45) is 0 Å². The highest BCUT2D eigenvalue weighted by atomic mass is 32.2. The highest BCUT2D eigenvalue weighted by molar-refractivity contribution is 7.98. The van der Waals surface area contributed by atoms with Gasteiger partial charge in [0.05, 0.1) is 5.56 Å². The van der Waals surface area contributed by atoms with Crippen molar-refractivity contribution in [3.8, 4) is 0 Å². The van der Waals surface area contributed by atoms with Gasteiger partial charge in [-0.05, 0) is 23.8 Å². The summed E-state index contributed by atoms with van der Waals surface area (Å²) < 4.78 is 14.6. The minimum Gasteiger partial charge on any atom is -0.298 e. The van der Waals surface area contributed by atoms with Crippen LogP contribution in [0.15, 0.2) is 22.4 Å². The SMILES string of the molecule is CSc1cc2sccc2c(F)c1C=O. The second-order valence-corrected chi connectivity index (χ2v) is 4.55. The first-order valence-corrected chi connectivity index (χ1v) is 6.07. The third kappa shape index (κ3) is 1.35. The van der Waals surface area contributed by atoms with Crippen LogP contribution >= 0.6 is 23.1 Å². The van der Waals surface area contributed by atoms with Crippen LogP contribution in [0, 0.1) is 5.82 Å². The average Bonchev–Trinajstić information content (AvgIpc) is 2.65. The van der Waals surface area contributed by atoms with E-state index in [9.17, 15) is 9.18 Å². The van der Waals surface area contributed by atoms with Crippen molar-refractivity contribution in [2.75, 3.05) is 6.26 Å². The molecule has 0 bridgehead atoms. The summed E-state index contributed by atoms with van der Waals surface area (Å²) in [6, 6.07) is 3.56. The number of thiophene rings is 1. The molecule has 1 nitrogen and oxygen atoms in total. The van der Waals surface area contributed by atoms with Gasteiger partial charge in [-0.25, -0.2) is 4.39 Å². The molecule has 0 atom stereocenters. The third-order valence-corrected chi connectivity index (χ3v) is 3.67. The van der Waals surface area contributed by atoms with Crippen molar-refractivity contribution in [2.45, 2.75) is 4.90 Å². The molecule has 0 aliphatic rings. The molecule has 1 aromatic carbocycles. The van der Waals surface area contributed by atoms with Crippen LogP contribution in [0.1, 0.15) is 10.4 Å². The molecule has 0 aliphatic heterocycles. The highest BCUT2D eigenvalue weighted by Gasteiger charge is 2.12. The second-order valence-electron chi connectivity index (χ2n) is 2.76. The molecule has 0 amide bonds. The summed E-state index contributed by atoms with van der Waals surface area (Å²) in [6.45, 7) is 0. The summed E-state index contributed by atoms with van der Waals surface area (Å²) in [5.74, 6) is -0.400. The quantitative estimate of drug-likeness (QED) is 0.575. The molecule has 2 aromatic rings. The molecule has 0 radical (unpaired) electrons. The molecule has 2 rings (SSSR count). The van der Waals surface area contributed by atoms with E-state index in [0.717, 1.165) is 4.70 Å². The zero-order valence-corrected chi connectivity index (χ0v) is 9.05. The largest absolute Gasteiger partial charge is 0.298 e. The maximum atomic E-state index is 13.7. The zero-order valence-electron chi connectivity index (χ0n) is 7.41. The monoisotopic (exact) mass is 226 g/mol. The summed E-state index contributed by atoms with van der Waals surface area (Å²) in [5.41, 5.74) is 0.170. The minimum atomic E-state index is -0.400. The van der Waals surface area contributed by atoms with Crippen LogP contribution in [0.25, 0.3) is 10.1 Å². The lowest BCUT2D eigenvalue weighted by atomic mass is 10.1. The molecule has 4 heteroatoms. The predicted octanol–water partition coefficient (Wildman–Crippen LogP) is 3.57. The van der Waals surface area contributed by atoms with Crippen LogP contribution in [-0.2, 0) is 0 Å². The van der Waals surface area contributed by atoms with Gasteiger partial charge in [0.15, 0.2) is 6.29 Å². The Morgan fingerprint density at radius 1 is 1.57 bits per heavy atom. The summed E-state index contributed by atoms with van der Waals surface area (Å²) in [5, 5.41) is 2.36. The maximum Gasteiger partial charge on any atom is 0.154 e. The summed E-state index contributed by atoms with van der Waals surface area (Å²) in [4.78, 5) is 11.4. The lowest BCUT2D eigenvalue weighted by Gasteiger charge is -2.03. The first-order chi connectivity index (χ1) is 6.77. The van der Waals surface area contributed by atoms with Gasteiger partial charge < -0.3 is 0 Å². The van der Waals surface area contributed by atoms with E-state index in [1.54, 1.807) is 6.07 Å². The van der Waals surface area contributed by atoms with Gasteiger partial charge in [0, 0.05) is 15.0 Å². The Hall–Kier alpha value is -0.870. The fraction of sp³-hybridized carbons (Fsp3) is 0.100. The Labute approximate surface area is 88.9 Å². The number of rotatable bonds is 2. The van der Waals surface area contributed by atoms with Crippen LogP contribution in [0.4, 0.5) is 4.39 Å². The number of benzene rings is 1. The van der Waals surface area contributed by atoms with Gasteiger partial charge in [0.1, 0.15) is 5.82 Å². The van der Waals surface area contributed by atoms with Crippen LogP contribution < -0.4 is 0 Å². The number of aldehydes is 1. The van der Waals surface area contributed by atoms with Crippen molar-refractivity contribution in [1.29, 1.82) is 0 Å². The zero-order chi connectivity index (χ0) is 10.1. The lowest BCUT2D eigenvalue weighted by molar-refractivity contribution is 0.111. The van der Waals surface area contributed by atoms with Gasteiger partial charge in [-0.2, -0.15) is 0 Å². The topological polar surface area (TPSA) is 17.1 Å². The summed E-state index contributed by atoms with van der Waals surface area (Å²) >= 11 is 2.87. The van der Waals surface area contributed by atoms with Crippen molar-refractivity contribution < 1.29 is 9.18 Å². The van der Waals surface area contributed by atoms with Crippen molar-refractivity contribution in [3.63, 3.8) is 0 Å². The number of thioether (sulfide) groups is 1. The number of hydrogen-bond donors (Lipinski definition) is 0. The van der Waals surface area contributed by atoms with E-state index in [1.807, 2.05) is 17.7 Å². The van der Waals surface area contributed by atoms with Gasteiger partial charge in [-0.1, -0.05) is 0 Å². The molecule has 72 valence electrons. The average molecular weight is 226 g/mol. The molecule has 0 saturated carbocycles. The molecule has 0 N–H and O–H groups in total. The van der Waals surface area contributed by atoms with E-state index >= 15 is 0 Å². The molecule has 14 heavy (non-hydrogen) atoms. The smallest absolute Gasteiger partial charge is 0.154 e. The molecular weight excluding hydrogens is 219 g/mol. The Morgan fingerprint density at radius 3 is 3.00 bits per heavy atom. The molecular formula is C10H7FOS2. The molecule has 0 fully saturated rings. The van der Waals surface area contributed by atoms with E-state index in [1.165, 1.54) is 23.1 Å². The molecule has 0 aliphatic carbocycles. The summed E-state index contributed by atoms with van der Waals surface area (Å²) in [7, 11) is 0. The van der Waals surface area contributed by atoms with Crippen LogP contribution in [0.2, 0.25) is 0 Å². The molecule has 0 saturated heterocycles. The maximum absolute atomic E-state index is 13.7. The van der Waals surface area contributed by atoms with Crippen LogP contribution in [0.3, 0.4) is 0 Å². The Morgan fingerprint density at radius 2 is 2.36 bits per heavy atom. The number of halogens is 1. The minimum absolute atomic E-state index is 0.170. The van der Waals surface area contributed by atoms with E-state index in [4.69, 9.17) is 0 Å². The van der Waals surface area contributed by atoms with Crippen LogP contribution in [0.5, 0.6) is 0 Å². The van der Waals surface area contributed by atoms with Gasteiger partial charge in [0.2, 0.25) is 0 Å².